The van der Waals surface area contributed by atoms with Crippen molar-refractivity contribution in [3.63, 3.8) is 0 Å². The summed E-state index contributed by atoms with van der Waals surface area (Å²) < 4.78 is 76.3. The van der Waals surface area contributed by atoms with Crippen molar-refractivity contribution in [3.8, 4) is 5.75 Å². The second kappa shape index (κ2) is 7.05. The number of carbonyl (C=O) groups excluding carboxylic acids is 1. The number of alkyl halides is 4. The van der Waals surface area contributed by atoms with Crippen LogP contribution in [0.15, 0.2) is 24.3 Å². The lowest BCUT2D eigenvalue weighted by molar-refractivity contribution is -0.163. The molecule has 10 heteroatoms. The topological polar surface area (TPSA) is 86.7 Å². The molecule has 0 saturated carbocycles. The normalized spacial score (nSPS) is 13.7. The molecule has 0 amide bonds. The Morgan fingerprint density at radius 3 is 2.50 bits per heavy atom. The smallest absolute Gasteiger partial charge is 0.371 e. The number of ether oxygens (including phenoxy) is 1. The van der Waals surface area contributed by atoms with Gasteiger partial charge in [-0.2, -0.15) is 17.6 Å². The molecule has 1 N–H and O–H groups in total. The van der Waals surface area contributed by atoms with E-state index >= 15 is 0 Å². The van der Waals surface area contributed by atoms with Crippen LogP contribution < -0.4 is 0 Å². The molecule has 0 fully saturated rings. The fourth-order valence-electron chi connectivity index (χ4n) is 1.44. The Morgan fingerprint density at radius 1 is 1.32 bits per heavy atom. The third-order valence-corrected chi connectivity index (χ3v) is 3.30. The molecule has 5 nitrogen and oxygen atoms in total. The van der Waals surface area contributed by atoms with Gasteiger partial charge in [-0.25, -0.2) is 4.79 Å². The SMILES string of the molecule is O=C(OCCCC(F)(F)C(F)(F)S(=O)[O-])c1cccc(O)c1. The maximum Gasteiger partial charge on any atom is 0.371 e. The molecule has 0 aliphatic carbocycles. The van der Waals surface area contributed by atoms with Crippen molar-refractivity contribution in [2.75, 3.05) is 6.61 Å². The Bertz CT molecular complexity index is 564. The lowest BCUT2D eigenvalue weighted by atomic mass is 10.2. The molecule has 0 saturated heterocycles. The van der Waals surface area contributed by atoms with Gasteiger partial charge >= 0.3 is 17.1 Å². The van der Waals surface area contributed by atoms with E-state index in [2.05, 4.69) is 4.74 Å². The first kappa shape index (κ1) is 18.4. The maximum absolute atomic E-state index is 13.0. The molecule has 1 unspecified atom stereocenters. The van der Waals surface area contributed by atoms with Crippen molar-refractivity contribution in [2.24, 2.45) is 0 Å². The summed E-state index contributed by atoms with van der Waals surface area (Å²) in [6, 6.07) is 5.02. The Hall–Kier alpha value is -1.68. The van der Waals surface area contributed by atoms with E-state index < -0.39 is 47.7 Å². The average molecular weight is 343 g/mol. The second-order valence-electron chi connectivity index (χ2n) is 4.25. The number of phenols is 1. The molecular formula is C12H11F4O5S-. The van der Waals surface area contributed by atoms with Gasteiger partial charge in [0.25, 0.3) is 0 Å². The monoisotopic (exact) mass is 343 g/mol. The Labute approximate surface area is 125 Å². The average Bonchev–Trinajstić information content (AvgIpc) is 2.43. The molecule has 0 spiro atoms. The summed E-state index contributed by atoms with van der Waals surface area (Å²) in [6.45, 7) is -0.606. The number of hydrogen-bond donors (Lipinski definition) is 1. The van der Waals surface area contributed by atoms with Gasteiger partial charge in [-0.05, 0) is 24.6 Å². The van der Waals surface area contributed by atoms with Gasteiger partial charge in [0, 0.05) is 17.5 Å². The van der Waals surface area contributed by atoms with Gasteiger partial charge in [0.2, 0.25) is 0 Å². The van der Waals surface area contributed by atoms with E-state index in [4.69, 9.17) is 5.11 Å². The minimum Gasteiger partial charge on any atom is -0.768 e. The molecule has 22 heavy (non-hydrogen) atoms. The van der Waals surface area contributed by atoms with Gasteiger partial charge in [0.1, 0.15) is 5.75 Å². The van der Waals surface area contributed by atoms with E-state index in [0.717, 1.165) is 6.07 Å². The van der Waals surface area contributed by atoms with E-state index in [1.807, 2.05) is 0 Å². The molecule has 1 rings (SSSR count). The predicted octanol–water partition coefficient (Wildman–Crippen LogP) is 2.44. The summed E-state index contributed by atoms with van der Waals surface area (Å²) in [7, 11) is 0. The standard InChI is InChI=1S/C12H12F4O5S/c13-11(14,12(15,16)22(19)20)5-2-6-21-10(18)8-3-1-4-9(17)7-8/h1,3-4,7,17H,2,5-6H2,(H,19,20)/p-1. The van der Waals surface area contributed by atoms with Crippen LogP contribution in [0.5, 0.6) is 5.75 Å². The minimum atomic E-state index is -5.19. The molecule has 0 aliphatic rings. The fraction of sp³-hybridized carbons (Fsp3) is 0.417. The summed E-state index contributed by atoms with van der Waals surface area (Å²) in [5.74, 6) is -5.91. The maximum atomic E-state index is 13.0. The quantitative estimate of drug-likeness (QED) is 0.356. The number of aromatic hydroxyl groups is 1. The summed E-state index contributed by atoms with van der Waals surface area (Å²) in [6.07, 6.45) is -2.13. The molecular weight excluding hydrogens is 332 g/mol. The van der Waals surface area contributed by atoms with Crippen LogP contribution in [0.3, 0.4) is 0 Å². The molecule has 124 valence electrons. The summed E-state index contributed by atoms with van der Waals surface area (Å²) >= 11 is -4.26. The van der Waals surface area contributed by atoms with Crippen molar-refractivity contribution in [3.05, 3.63) is 29.8 Å². The van der Waals surface area contributed by atoms with Crippen molar-refractivity contribution in [1.29, 1.82) is 0 Å². The van der Waals surface area contributed by atoms with Crippen LogP contribution >= 0.6 is 0 Å². The first-order chi connectivity index (χ1) is 10.1. The van der Waals surface area contributed by atoms with Gasteiger partial charge in [-0.15, -0.1) is 0 Å². The zero-order valence-electron chi connectivity index (χ0n) is 10.9. The second-order valence-corrected chi connectivity index (χ2v) is 5.23. The van der Waals surface area contributed by atoms with Crippen LogP contribution in [0.1, 0.15) is 23.2 Å². The first-order valence-electron chi connectivity index (χ1n) is 5.89. The summed E-state index contributed by atoms with van der Waals surface area (Å²) in [5.41, 5.74) is -0.0437. The molecule has 0 heterocycles. The molecule has 0 radical (unpaired) electrons. The Kier molecular flexibility index (Phi) is 5.89. The molecule has 1 atom stereocenters. The number of phenolic OH excluding ortho intramolecular Hbond substituents is 1. The molecule has 0 aromatic heterocycles. The highest BCUT2D eigenvalue weighted by Gasteiger charge is 2.56. The van der Waals surface area contributed by atoms with Crippen molar-refractivity contribution < 1.29 is 41.0 Å². The van der Waals surface area contributed by atoms with E-state index in [1.54, 1.807) is 0 Å². The van der Waals surface area contributed by atoms with E-state index in [1.165, 1.54) is 18.2 Å². The van der Waals surface area contributed by atoms with Gasteiger partial charge in [-0.1, -0.05) is 6.07 Å². The minimum absolute atomic E-state index is 0.0437. The van der Waals surface area contributed by atoms with E-state index in [0.29, 0.717) is 0 Å². The van der Waals surface area contributed by atoms with Crippen molar-refractivity contribution in [2.45, 2.75) is 24.0 Å². The number of rotatable bonds is 7. The van der Waals surface area contributed by atoms with Crippen molar-refractivity contribution in [1.82, 2.24) is 0 Å². The summed E-state index contributed by atoms with van der Waals surface area (Å²) in [4.78, 5) is 11.5. The van der Waals surface area contributed by atoms with Crippen molar-refractivity contribution >= 4 is 17.0 Å². The van der Waals surface area contributed by atoms with Crippen LogP contribution in [-0.2, 0) is 15.8 Å². The van der Waals surface area contributed by atoms with Gasteiger partial charge < -0.3 is 14.4 Å². The number of halogens is 4. The molecule has 0 bridgehead atoms. The number of hydrogen-bond acceptors (Lipinski definition) is 5. The Morgan fingerprint density at radius 2 is 1.95 bits per heavy atom. The lowest BCUT2D eigenvalue weighted by Crippen LogP contribution is -2.44. The zero-order valence-corrected chi connectivity index (χ0v) is 11.7. The summed E-state index contributed by atoms with van der Waals surface area (Å²) in [5, 5.41) is 3.94. The highest BCUT2D eigenvalue weighted by atomic mass is 32.2. The highest BCUT2D eigenvalue weighted by molar-refractivity contribution is 7.80. The zero-order chi connectivity index (χ0) is 17.0. The van der Waals surface area contributed by atoms with Gasteiger partial charge in [0.15, 0.2) is 0 Å². The van der Waals surface area contributed by atoms with E-state index in [-0.39, 0.29) is 11.3 Å². The van der Waals surface area contributed by atoms with Crippen LogP contribution in [-0.4, -0.2) is 37.6 Å². The molecule has 1 aromatic rings. The third-order valence-electron chi connectivity index (χ3n) is 2.59. The molecule has 1 aromatic carbocycles. The Balaban J connectivity index is 2.48. The third kappa shape index (κ3) is 4.41. The van der Waals surface area contributed by atoms with Crippen LogP contribution in [0, 0.1) is 0 Å². The van der Waals surface area contributed by atoms with Gasteiger partial charge in [0.05, 0.1) is 12.2 Å². The highest BCUT2D eigenvalue weighted by Crippen LogP contribution is 2.39. The van der Waals surface area contributed by atoms with Crippen LogP contribution in [0.2, 0.25) is 0 Å². The molecule has 0 aliphatic heterocycles. The van der Waals surface area contributed by atoms with Crippen LogP contribution in [0.4, 0.5) is 17.6 Å². The van der Waals surface area contributed by atoms with E-state index in [9.17, 15) is 31.1 Å². The predicted molar refractivity (Wildman–Crippen MR) is 66.4 cm³/mol. The van der Waals surface area contributed by atoms with Gasteiger partial charge in [-0.3, -0.25) is 4.21 Å². The number of carbonyl (C=O) groups is 1. The number of benzene rings is 1. The fourth-order valence-corrected chi connectivity index (χ4v) is 1.79. The first-order valence-corrected chi connectivity index (χ1v) is 6.96. The largest absolute Gasteiger partial charge is 0.768 e. The lowest BCUT2D eigenvalue weighted by Gasteiger charge is -2.27. The van der Waals surface area contributed by atoms with Crippen LogP contribution in [0.25, 0.3) is 0 Å². The number of esters is 1.